The summed E-state index contributed by atoms with van der Waals surface area (Å²) < 4.78 is 4.74. The molecule has 1 fully saturated rings. The fourth-order valence-electron chi connectivity index (χ4n) is 2.79. The van der Waals surface area contributed by atoms with Gasteiger partial charge < -0.3 is 4.74 Å². The van der Waals surface area contributed by atoms with E-state index in [1.165, 1.54) is 12.7 Å². The van der Waals surface area contributed by atoms with Crippen molar-refractivity contribution >= 4 is 5.97 Å². The minimum Gasteiger partial charge on any atom is -0.469 e. The van der Waals surface area contributed by atoms with Gasteiger partial charge in [0.1, 0.15) is 0 Å². The standard InChI is InChI=1S/C13H22O2/c1-9(2)11-8-13(3,4)7-10(11)6-12(14)15-5/h10-11H,1,6-8H2,2-5H3/t10-,11-/m1/s1. The predicted molar refractivity (Wildman–Crippen MR) is 61.4 cm³/mol. The van der Waals surface area contributed by atoms with Crippen molar-refractivity contribution in [1.29, 1.82) is 0 Å². The number of allylic oxidation sites excluding steroid dienone is 1. The molecule has 0 unspecified atom stereocenters. The van der Waals surface area contributed by atoms with Crippen LogP contribution in [-0.4, -0.2) is 13.1 Å². The molecule has 0 N–H and O–H groups in total. The highest BCUT2D eigenvalue weighted by molar-refractivity contribution is 5.69. The van der Waals surface area contributed by atoms with Crippen molar-refractivity contribution in [2.45, 2.75) is 40.0 Å². The van der Waals surface area contributed by atoms with Crippen LogP contribution in [-0.2, 0) is 9.53 Å². The molecule has 0 aromatic heterocycles. The van der Waals surface area contributed by atoms with Crippen LogP contribution in [0.2, 0.25) is 0 Å². The summed E-state index contributed by atoms with van der Waals surface area (Å²) >= 11 is 0. The summed E-state index contributed by atoms with van der Waals surface area (Å²) in [5.74, 6) is 0.813. The van der Waals surface area contributed by atoms with Gasteiger partial charge in [-0.3, -0.25) is 4.79 Å². The maximum atomic E-state index is 11.3. The van der Waals surface area contributed by atoms with Gasteiger partial charge in [-0.2, -0.15) is 0 Å². The van der Waals surface area contributed by atoms with E-state index in [1.807, 2.05) is 0 Å². The molecule has 1 aliphatic rings. The quantitative estimate of drug-likeness (QED) is 0.528. The zero-order chi connectivity index (χ0) is 11.6. The molecule has 0 aliphatic heterocycles. The summed E-state index contributed by atoms with van der Waals surface area (Å²) in [7, 11) is 1.46. The number of hydrogen-bond donors (Lipinski definition) is 0. The molecule has 0 aromatic rings. The van der Waals surface area contributed by atoms with E-state index < -0.39 is 0 Å². The first-order valence-electron chi connectivity index (χ1n) is 5.58. The second-order valence-electron chi connectivity index (χ2n) is 5.57. The first-order chi connectivity index (χ1) is 6.85. The predicted octanol–water partition coefficient (Wildman–Crippen LogP) is 3.18. The Labute approximate surface area is 92.7 Å². The minimum absolute atomic E-state index is 0.0936. The Morgan fingerprint density at radius 2 is 2.07 bits per heavy atom. The lowest BCUT2D eigenvalue weighted by Gasteiger charge is -2.18. The SMILES string of the molecule is C=C(C)[C@H]1CC(C)(C)C[C@H]1CC(=O)OC. The highest BCUT2D eigenvalue weighted by atomic mass is 16.5. The van der Waals surface area contributed by atoms with Gasteiger partial charge in [-0.15, -0.1) is 0 Å². The molecule has 1 aliphatic carbocycles. The Hall–Kier alpha value is -0.790. The summed E-state index contributed by atoms with van der Waals surface area (Å²) in [6.07, 6.45) is 2.78. The maximum absolute atomic E-state index is 11.3. The largest absolute Gasteiger partial charge is 0.469 e. The van der Waals surface area contributed by atoms with Crippen molar-refractivity contribution in [2.24, 2.45) is 17.3 Å². The Balaban J connectivity index is 2.69. The number of esters is 1. The first kappa shape index (κ1) is 12.3. The van der Waals surface area contributed by atoms with Gasteiger partial charge in [0.25, 0.3) is 0 Å². The molecule has 2 nitrogen and oxygen atoms in total. The Kier molecular flexibility index (Phi) is 3.58. The van der Waals surface area contributed by atoms with E-state index in [2.05, 4.69) is 27.4 Å². The number of methoxy groups -OCH3 is 1. The van der Waals surface area contributed by atoms with Gasteiger partial charge in [0.2, 0.25) is 0 Å². The molecule has 1 rings (SSSR count). The summed E-state index contributed by atoms with van der Waals surface area (Å²) in [6, 6.07) is 0. The third-order valence-electron chi connectivity index (χ3n) is 3.45. The number of carbonyl (C=O) groups excluding carboxylic acids is 1. The molecule has 0 bridgehead atoms. The second-order valence-corrected chi connectivity index (χ2v) is 5.57. The van der Waals surface area contributed by atoms with E-state index >= 15 is 0 Å². The number of ether oxygens (including phenoxy) is 1. The lowest BCUT2D eigenvalue weighted by atomic mass is 9.88. The normalized spacial score (nSPS) is 28.8. The molecule has 2 heteroatoms. The smallest absolute Gasteiger partial charge is 0.305 e. The van der Waals surface area contributed by atoms with Crippen molar-refractivity contribution in [3.8, 4) is 0 Å². The van der Waals surface area contributed by atoms with E-state index in [0.29, 0.717) is 23.7 Å². The molecular weight excluding hydrogens is 188 g/mol. The topological polar surface area (TPSA) is 26.3 Å². The highest BCUT2D eigenvalue weighted by Crippen LogP contribution is 2.48. The monoisotopic (exact) mass is 210 g/mol. The van der Waals surface area contributed by atoms with E-state index in [-0.39, 0.29) is 5.97 Å². The Bertz CT molecular complexity index is 266. The Morgan fingerprint density at radius 1 is 1.47 bits per heavy atom. The highest BCUT2D eigenvalue weighted by Gasteiger charge is 2.40. The molecule has 86 valence electrons. The van der Waals surface area contributed by atoms with Gasteiger partial charge in [-0.05, 0) is 37.0 Å². The maximum Gasteiger partial charge on any atom is 0.305 e. The number of rotatable bonds is 3. The minimum atomic E-state index is -0.0936. The van der Waals surface area contributed by atoms with E-state index in [4.69, 9.17) is 4.74 Å². The van der Waals surface area contributed by atoms with E-state index in [9.17, 15) is 4.79 Å². The molecule has 0 aromatic carbocycles. The molecule has 0 spiro atoms. The van der Waals surface area contributed by atoms with Crippen LogP contribution in [0, 0.1) is 17.3 Å². The van der Waals surface area contributed by atoms with Crippen molar-refractivity contribution in [3.63, 3.8) is 0 Å². The molecule has 1 saturated carbocycles. The van der Waals surface area contributed by atoms with Crippen molar-refractivity contribution in [2.75, 3.05) is 7.11 Å². The van der Waals surface area contributed by atoms with Crippen LogP contribution in [0.5, 0.6) is 0 Å². The van der Waals surface area contributed by atoms with Gasteiger partial charge in [-0.25, -0.2) is 0 Å². The van der Waals surface area contributed by atoms with Crippen LogP contribution < -0.4 is 0 Å². The van der Waals surface area contributed by atoms with Crippen LogP contribution in [0.15, 0.2) is 12.2 Å². The molecule has 0 radical (unpaired) electrons. The second kappa shape index (κ2) is 4.38. The van der Waals surface area contributed by atoms with Crippen LogP contribution >= 0.6 is 0 Å². The van der Waals surface area contributed by atoms with Gasteiger partial charge in [0.05, 0.1) is 7.11 Å². The number of carbonyl (C=O) groups is 1. The summed E-state index contributed by atoms with van der Waals surface area (Å²) in [4.78, 5) is 11.3. The van der Waals surface area contributed by atoms with Gasteiger partial charge in [-0.1, -0.05) is 26.0 Å². The van der Waals surface area contributed by atoms with Gasteiger partial charge in [0, 0.05) is 6.42 Å². The fraction of sp³-hybridized carbons (Fsp3) is 0.769. The van der Waals surface area contributed by atoms with Gasteiger partial charge >= 0.3 is 5.97 Å². The zero-order valence-electron chi connectivity index (χ0n) is 10.3. The third kappa shape index (κ3) is 3.08. The summed E-state index contributed by atoms with van der Waals surface area (Å²) in [5, 5.41) is 0. The molecule has 2 atom stereocenters. The van der Waals surface area contributed by atoms with Gasteiger partial charge in [0.15, 0.2) is 0 Å². The van der Waals surface area contributed by atoms with Crippen LogP contribution in [0.4, 0.5) is 0 Å². The van der Waals surface area contributed by atoms with E-state index in [0.717, 1.165) is 12.8 Å². The molecule has 0 saturated heterocycles. The fourth-order valence-corrected chi connectivity index (χ4v) is 2.79. The summed E-state index contributed by atoms with van der Waals surface area (Å²) in [5.41, 5.74) is 1.54. The lowest BCUT2D eigenvalue weighted by molar-refractivity contribution is -0.141. The zero-order valence-corrected chi connectivity index (χ0v) is 10.3. The van der Waals surface area contributed by atoms with Crippen LogP contribution in [0.25, 0.3) is 0 Å². The lowest BCUT2D eigenvalue weighted by Crippen LogP contribution is -2.14. The third-order valence-corrected chi connectivity index (χ3v) is 3.45. The molecule has 0 amide bonds. The average Bonchev–Trinajstić information content (AvgIpc) is 2.41. The van der Waals surface area contributed by atoms with Crippen molar-refractivity contribution in [1.82, 2.24) is 0 Å². The molecular formula is C13H22O2. The van der Waals surface area contributed by atoms with Crippen LogP contribution in [0.1, 0.15) is 40.0 Å². The molecule has 0 heterocycles. The first-order valence-corrected chi connectivity index (χ1v) is 5.58. The average molecular weight is 210 g/mol. The Morgan fingerprint density at radius 3 is 2.53 bits per heavy atom. The van der Waals surface area contributed by atoms with Crippen LogP contribution in [0.3, 0.4) is 0 Å². The van der Waals surface area contributed by atoms with E-state index in [1.54, 1.807) is 0 Å². The molecule has 15 heavy (non-hydrogen) atoms. The number of hydrogen-bond acceptors (Lipinski definition) is 2. The van der Waals surface area contributed by atoms with Crippen molar-refractivity contribution in [3.05, 3.63) is 12.2 Å². The summed E-state index contributed by atoms with van der Waals surface area (Å²) in [6.45, 7) is 10.6. The van der Waals surface area contributed by atoms with Crippen molar-refractivity contribution < 1.29 is 9.53 Å².